The molecule has 0 unspecified atom stereocenters. The fraction of sp³-hybridized carbons (Fsp3) is 0.167. The van der Waals surface area contributed by atoms with Crippen molar-refractivity contribution in [1.29, 1.82) is 0 Å². The van der Waals surface area contributed by atoms with Crippen molar-refractivity contribution in [2.75, 3.05) is 7.11 Å². The van der Waals surface area contributed by atoms with Crippen molar-refractivity contribution in [2.24, 2.45) is 5.16 Å². The van der Waals surface area contributed by atoms with Gasteiger partial charge >= 0.3 is 0 Å². The number of hydrogen-bond acceptors (Lipinski definition) is 9. The summed E-state index contributed by atoms with van der Waals surface area (Å²) in [5.41, 5.74) is 5.54. The van der Waals surface area contributed by atoms with Crippen molar-refractivity contribution in [2.45, 2.75) is 26.4 Å². The first-order valence-electron chi connectivity index (χ1n) is 13.0. The Morgan fingerprint density at radius 1 is 1.00 bits per heavy atom. The number of nitrogens with zero attached hydrogens (tertiary/aromatic N) is 7. The minimum Gasteiger partial charge on any atom is -0.497 e. The fourth-order valence-corrected chi connectivity index (χ4v) is 5.04. The van der Waals surface area contributed by atoms with E-state index in [1.165, 1.54) is 0 Å². The van der Waals surface area contributed by atoms with Gasteiger partial charge in [-0.1, -0.05) is 23.4 Å². The van der Waals surface area contributed by atoms with Crippen LogP contribution in [-0.4, -0.2) is 42.2 Å². The van der Waals surface area contributed by atoms with Gasteiger partial charge in [0.1, 0.15) is 17.8 Å². The third kappa shape index (κ3) is 4.27. The molecule has 1 aliphatic rings. The third-order valence-electron chi connectivity index (χ3n) is 7.00. The SMILES string of the molecule is COc1ccc(/C(C)=N/OCc2nc3c4c(ncn3n2)Oc2c(c(C)nn2-c2ccccc2)[C@H]4c2ccco2)cc1. The molecule has 7 rings (SSSR count). The van der Waals surface area contributed by atoms with Gasteiger partial charge in [-0.05, 0) is 67.9 Å². The van der Waals surface area contributed by atoms with Crippen LogP contribution < -0.4 is 9.47 Å². The molecule has 0 radical (unpaired) electrons. The Bertz CT molecular complexity index is 1870. The minimum absolute atomic E-state index is 0.0758. The van der Waals surface area contributed by atoms with Crippen molar-refractivity contribution in [1.82, 2.24) is 29.4 Å². The predicted octanol–water partition coefficient (Wildman–Crippen LogP) is 5.45. The number of aryl methyl sites for hydroxylation is 1. The van der Waals surface area contributed by atoms with Crippen molar-refractivity contribution in [3.05, 3.63) is 113 Å². The van der Waals surface area contributed by atoms with Crippen molar-refractivity contribution >= 4 is 11.4 Å². The molecule has 0 amide bonds. The van der Waals surface area contributed by atoms with E-state index in [0.717, 1.165) is 45.3 Å². The molecule has 204 valence electrons. The quantitative estimate of drug-likeness (QED) is 0.191. The van der Waals surface area contributed by atoms with Crippen molar-refractivity contribution < 1.29 is 18.7 Å². The van der Waals surface area contributed by atoms with Gasteiger partial charge in [0.25, 0.3) is 0 Å². The fourth-order valence-electron chi connectivity index (χ4n) is 5.04. The lowest BCUT2D eigenvalue weighted by Gasteiger charge is -2.24. The van der Waals surface area contributed by atoms with Gasteiger partial charge in [-0.2, -0.15) is 5.10 Å². The van der Waals surface area contributed by atoms with Gasteiger partial charge in [0.05, 0.1) is 47.5 Å². The summed E-state index contributed by atoms with van der Waals surface area (Å²) in [6.07, 6.45) is 3.23. The van der Waals surface area contributed by atoms with E-state index < -0.39 is 0 Å². The van der Waals surface area contributed by atoms with Crippen LogP contribution in [0.25, 0.3) is 11.3 Å². The zero-order chi connectivity index (χ0) is 27.9. The number of benzene rings is 2. The van der Waals surface area contributed by atoms with Gasteiger partial charge in [-0.3, -0.25) is 0 Å². The number of rotatable bonds is 7. The van der Waals surface area contributed by atoms with Crippen LogP contribution in [0.2, 0.25) is 0 Å². The van der Waals surface area contributed by atoms with E-state index in [0.29, 0.717) is 23.2 Å². The highest BCUT2D eigenvalue weighted by atomic mass is 16.6. The van der Waals surface area contributed by atoms with E-state index in [1.807, 2.05) is 80.6 Å². The summed E-state index contributed by atoms with van der Waals surface area (Å²) in [4.78, 5) is 15.0. The molecule has 11 heteroatoms. The Balaban J connectivity index is 1.25. The number of hydrogen-bond donors (Lipinski definition) is 0. The van der Waals surface area contributed by atoms with Gasteiger partial charge in [-0.15, -0.1) is 5.10 Å². The Morgan fingerprint density at radius 3 is 2.59 bits per heavy atom. The van der Waals surface area contributed by atoms with Gasteiger partial charge in [0.15, 0.2) is 18.1 Å². The normalized spacial score (nSPS) is 14.4. The van der Waals surface area contributed by atoms with Crippen LogP contribution in [-0.2, 0) is 11.4 Å². The summed E-state index contributed by atoms with van der Waals surface area (Å²) in [5.74, 6) is 2.60. The van der Waals surface area contributed by atoms with E-state index >= 15 is 0 Å². The molecule has 2 aromatic carbocycles. The van der Waals surface area contributed by atoms with E-state index in [1.54, 1.807) is 28.9 Å². The molecular formula is C30H25N7O4. The zero-order valence-electron chi connectivity index (χ0n) is 22.6. The Morgan fingerprint density at radius 2 is 1.83 bits per heavy atom. The number of oxime groups is 1. The number of fused-ring (bicyclic) bond motifs is 4. The Labute approximate surface area is 234 Å². The van der Waals surface area contributed by atoms with Crippen molar-refractivity contribution in [3.63, 3.8) is 0 Å². The first kappa shape index (κ1) is 24.6. The zero-order valence-corrected chi connectivity index (χ0v) is 22.6. The van der Waals surface area contributed by atoms with Gasteiger partial charge < -0.3 is 18.7 Å². The number of ether oxygens (including phenoxy) is 2. The lowest BCUT2D eigenvalue weighted by atomic mass is 9.88. The molecule has 0 fully saturated rings. The smallest absolute Gasteiger partial charge is 0.230 e. The summed E-state index contributed by atoms with van der Waals surface area (Å²) in [6, 6.07) is 21.2. The summed E-state index contributed by atoms with van der Waals surface area (Å²) in [5, 5.41) is 13.7. The molecule has 0 N–H and O–H groups in total. The number of para-hydroxylation sites is 1. The molecule has 1 atom stereocenters. The molecule has 0 spiro atoms. The van der Waals surface area contributed by atoms with E-state index in [9.17, 15) is 0 Å². The van der Waals surface area contributed by atoms with Crippen LogP contribution in [0.5, 0.6) is 17.5 Å². The van der Waals surface area contributed by atoms with Crippen LogP contribution in [0.15, 0.2) is 88.9 Å². The van der Waals surface area contributed by atoms with Crippen LogP contribution in [0.4, 0.5) is 0 Å². The van der Waals surface area contributed by atoms with E-state index in [-0.39, 0.29) is 12.5 Å². The summed E-state index contributed by atoms with van der Waals surface area (Å²) >= 11 is 0. The average molecular weight is 548 g/mol. The number of aromatic nitrogens is 6. The topological polar surface area (TPSA) is 114 Å². The Kier molecular flexibility index (Phi) is 5.96. The molecule has 5 heterocycles. The number of methoxy groups -OCH3 is 1. The van der Waals surface area contributed by atoms with Gasteiger partial charge in [0, 0.05) is 0 Å². The molecule has 0 saturated heterocycles. The molecule has 0 saturated carbocycles. The summed E-state index contributed by atoms with van der Waals surface area (Å²) in [7, 11) is 1.63. The highest BCUT2D eigenvalue weighted by Crippen LogP contribution is 2.49. The maximum atomic E-state index is 6.41. The molecular weight excluding hydrogens is 522 g/mol. The lowest BCUT2D eigenvalue weighted by molar-refractivity contribution is 0.125. The van der Waals surface area contributed by atoms with Crippen molar-refractivity contribution in [3.8, 4) is 23.2 Å². The second-order valence-corrected chi connectivity index (χ2v) is 9.54. The van der Waals surface area contributed by atoms with Gasteiger partial charge in [-0.25, -0.2) is 19.2 Å². The number of furan rings is 1. The Hall–Kier alpha value is -5.45. The monoisotopic (exact) mass is 547 g/mol. The van der Waals surface area contributed by atoms with Crippen LogP contribution in [0.3, 0.4) is 0 Å². The minimum atomic E-state index is -0.356. The summed E-state index contributed by atoms with van der Waals surface area (Å²) < 4.78 is 21.0. The lowest BCUT2D eigenvalue weighted by Crippen LogP contribution is -2.15. The molecule has 0 aliphatic carbocycles. The maximum absolute atomic E-state index is 6.41. The molecule has 4 aromatic heterocycles. The third-order valence-corrected chi connectivity index (χ3v) is 7.00. The maximum Gasteiger partial charge on any atom is 0.230 e. The van der Waals surface area contributed by atoms with Crippen LogP contribution in [0.1, 0.15) is 46.8 Å². The highest BCUT2D eigenvalue weighted by molar-refractivity contribution is 5.98. The van der Waals surface area contributed by atoms with Crippen LogP contribution in [0, 0.1) is 6.92 Å². The highest BCUT2D eigenvalue weighted by Gasteiger charge is 2.39. The predicted molar refractivity (Wildman–Crippen MR) is 149 cm³/mol. The standard InChI is InChI=1S/C30H25N7O4/c1-18(20-11-13-22(38-3)14-12-20)35-40-16-24-32-28-27-26(23-10-7-15-39-23)25-19(2)33-37(21-8-5-4-6-9-21)30(25)41-29(27)31-17-36(28)34-24/h4-15,17,26H,16H2,1-3H3/b35-18+/t26-/m1/s1. The summed E-state index contributed by atoms with van der Waals surface area (Å²) in [6.45, 7) is 3.91. The molecule has 0 bridgehead atoms. The molecule has 6 aromatic rings. The molecule has 1 aliphatic heterocycles. The second kappa shape index (κ2) is 9.94. The average Bonchev–Trinajstić information content (AvgIpc) is 3.76. The van der Waals surface area contributed by atoms with E-state index in [2.05, 4.69) is 15.2 Å². The largest absolute Gasteiger partial charge is 0.497 e. The molecule has 11 nitrogen and oxygen atoms in total. The first-order chi connectivity index (χ1) is 20.1. The first-order valence-corrected chi connectivity index (χ1v) is 13.0. The van der Waals surface area contributed by atoms with Crippen LogP contribution >= 0.6 is 0 Å². The van der Waals surface area contributed by atoms with E-state index in [4.69, 9.17) is 28.8 Å². The second-order valence-electron chi connectivity index (χ2n) is 9.54. The van der Waals surface area contributed by atoms with Gasteiger partial charge in [0.2, 0.25) is 11.8 Å². The molecule has 41 heavy (non-hydrogen) atoms.